The molecule has 8 heteroatoms. The van der Waals surface area contributed by atoms with Crippen LogP contribution in [-0.4, -0.2) is 27.0 Å². The van der Waals surface area contributed by atoms with Gasteiger partial charge in [-0.05, 0) is 24.3 Å². The van der Waals surface area contributed by atoms with Gasteiger partial charge in [-0.15, -0.1) is 10.2 Å². The summed E-state index contributed by atoms with van der Waals surface area (Å²) in [6.45, 7) is 0. The van der Waals surface area contributed by atoms with E-state index in [2.05, 4.69) is 15.2 Å². The Bertz CT molecular complexity index is 994. The Balaban J connectivity index is 1.57. The molecule has 0 radical (unpaired) electrons. The average molecular weight is 353 g/mol. The molecule has 0 atom stereocenters. The maximum absolute atomic E-state index is 6.16. The summed E-state index contributed by atoms with van der Waals surface area (Å²) in [5, 5.41) is 8.92. The molecule has 0 saturated heterocycles. The number of nitrogens with two attached hydrogens (primary N) is 1. The molecule has 2 N–H and O–H groups in total. The van der Waals surface area contributed by atoms with Crippen LogP contribution in [-0.2, 0) is 5.75 Å². The molecule has 0 unspecified atom stereocenters. The Hall–Kier alpha value is -3.00. The van der Waals surface area contributed by atoms with Crippen molar-refractivity contribution in [2.45, 2.75) is 10.9 Å². The summed E-state index contributed by atoms with van der Waals surface area (Å²) in [5.74, 6) is 8.52. The number of hydrogen-bond donors (Lipinski definition) is 1. The first kappa shape index (κ1) is 15.5. The number of aromatic nitrogens is 4. The fourth-order valence-electron chi connectivity index (χ4n) is 2.50. The van der Waals surface area contributed by atoms with Crippen LogP contribution in [0.15, 0.2) is 58.1 Å². The van der Waals surface area contributed by atoms with Gasteiger partial charge in [-0.25, -0.2) is 9.66 Å². The van der Waals surface area contributed by atoms with Gasteiger partial charge in [-0.3, -0.25) is 0 Å². The van der Waals surface area contributed by atoms with Gasteiger partial charge < -0.3 is 15.0 Å². The number of nitrogen functional groups attached to an aromatic ring is 1. The Labute approximate surface area is 147 Å². The number of methoxy groups -OCH3 is 1. The fraction of sp³-hybridized carbons (Fsp3) is 0.118. The monoisotopic (exact) mass is 353 g/mol. The van der Waals surface area contributed by atoms with E-state index in [9.17, 15) is 0 Å². The topological polar surface area (TPSA) is 92.0 Å². The average Bonchev–Trinajstić information content (AvgIpc) is 3.23. The van der Waals surface area contributed by atoms with Gasteiger partial charge >= 0.3 is 0 Å². The zero-order valence-electron chi connectivity index (χ0n) is 13.4. The van der Waals surface area contributed by atoms with Crippen LogP contribution in [0.2, 0.25) is 0 Å². The van der Waals surface area contributed by atoms with E-state index < -0.39 is 0 Å². The summed E-state index contributed by atoms with van der Waals surface area (Å²) in [4.78, 5) is 4.44. The summed E-state index contributed by atoms with van der Waals surface area (Å²) in [6.07, 6.45) is 0. The number of fused-ring (bicyclic) bond motifs is 1. The van der Waals surface area contributed by atoms with Gasteiger partial charge in [0.1, 0.15) is 11.3 Å². The number of thioether (sulfide) groups is 1. The van der Waals surface area contributed by atoms with Crippen molar-refractivity contribution in [3.05, 3.63) is 54.4 Å². The fourth-order valence-corrected chi connectivity index (χ4v) is 3.20. The lowest BCUT2D eigenvalue weighted by Crippen LogP contribution is -2.12. The maximum atomic E-state index is 6.16. The number of rotatable bonds is 5. The van der Waals surface area contributed by atoms with Gasteiger partial charge in [-0.1, -0.05) is 36.0 Å². The maximum Gasteiger partial charge on any atom is 0.210 e. The lowest BCUT2D eigenvalue weighted by atomic mass is 10.2. The summed E-state index contributed by atoms with van der Waals surface area (Å²) in [7, 11) is 1.61. The minimum absolute atomic E-state index is 0.510. The van der Waals surface area contributed by atoms with E-state index in [-0.39, 0.29) is 0 Å². The van der Waals surface area contributed by atoms with Crippen LogP contribution in [0.1, 0.15) is 5.89 Å². The molecule has 4 aromatic rings. The first-order valence-electron chi connectivity index (χ1n) is 7.57. The van der Waals surface area contributed by atoms with Crippen LogP contribution in [0.3, 0.4) is 0 Å². The predicted octanol–water partition coefficient (Wildman–Crippen LogP) is 3.10. The second-order valence-corrected chi connectivity index (χ2v) is 6.18. The number of nitrogens with zero attached hydrogens (tertiary/aromatic N) is 4. The number of hydrogen-bond acceptors (Lipinski definition) is 7. The first-order chi connectivity index (χ1) is 12.3. The lowest BCUT2D eigenvalue weighted by molar-refractivity contribution is 0.416. The van der Waals surface area contributed by atoms with Crippen LogP contribution in [0, 0.1) is 0 Å². The van der Waals surface area contributed by atoms with Gasteiger partial charge in [0.15, 0.2) is 11.4 Å². The van der Waals surface area contributed by atoms with Gasteiger partial charge in [0.25, 0.3) is 0 Å². The van der Waals surface area contributed by atoms with Crippen molar-refractivity contribution in [2.75, 3.05) is 13.0 Å². The third-order valence-electron chi connectivity index (χ3n) is 3.68. The van der Waals surface area contributed by atoms with E-state index in [4.69, 9.17) is 15.0 Å². The van der Waals surface area contributed by atoms with Gasteiger partial charge in [0.2, 0.25) is 11.0 Å². The van der Waals surface area contributed by atoms with Crippen LogP contribution >= 0.6 is 11.8 Å². The van der Waals surface area contributed by atoms with Crippen molar-refractivity contribution < 1.29 is 9.15 Å². The SMILES string of the molecule is COc1ccccc1-c1nnc(SCc2nc3ccccc3o2)n1N. The molecule has 0 bridgehead atoms. The largest absolute Gasteiger partial charge is 0.496 e. The van der Waals surface area contributed by atoms with E-state index >= 15 is 0 Å². The molecule has 0 aliphatic heterocycles. The normalized spacial score (nSPS) is 11.1. The minimum atomic E-state index is 0.510. The number of para-hydroxylation sites is 3. The number of ether oxygens (including phenoxy) is 1. The highest BCUT2D eigenvalue weighted by atomic mass is 32.2. The van der Waals surface area contributed by atoms with Crippen molar-refractivity contribution in [3.63, 3.8) is 0 Å². The zero-order chi connectivity index (χ0) is 17.2. The van der Waals surface area contributed by atoms with Gasteiger partial charge in [-0.2, -0.15) is 0 Å². The summed E-state index contributed by atoms with van der Waals surface area (Å²) in [5.41, 5.74) is 2.39. The Kier molecular flexibility index (Phi) is 4.02. The van der Waals surface area contributed by atoms with E-state index in [0.717, 1.165) is 16.7 Å². The molecule has 0 amide bonds. The molecule has 7 nitrogen and oxygen atoms in total. The molecular formula is C17H15N5O2S. The van der Waals surface area contributed by atoms with E-state index in [1.165, 1.54) is 16.4 Å². The molecule has 0 spiro atoms. The molecule has 0 fully saturated rings. The first-order valence-corrected chi connectivity index (χ1v) is 8.56. The van der Waals surface area contributed by atoms with E-state index in [0.29, 0.717) is 28.4 Å². The van der Waals surface area contributed by atoms with Gasteiger partial charge in [0, 0.05) is 0 Å². The third kappa shape index (κ3) is 2.91. The standard InChI is InChI=1S/C17H15N5O2S/c1-23-13-8-4-2-6-11(13)16-20-21-17(22(16)18)25-10-15-19-12-7-3-5-9-14(12)24-15/h2-9H,10,18H2,1H3. The third-order valence-corrected chi connectivity index (χ3v) is 4.60. The molecule has 0 saturated carbocycles. The number of oxazole rings is 1. The van der Waals surface area contributed by atoms with E-state index in [1.54, 1.807) is 7.11 Å². The highest BCUT2D eigenvalue weighted by molar-refractivity contribution is 7.98. The molecule has 2 heterocycles. The number of benzene rings is 2. The van der Waals surface area contributed by atoms with Crippen molar-refractivity contribution in [1.29, 1.82) is 0 Å². The molecule has 4 rings (SSSR count). The summed E-state index contributed by atoms with van der Waals surface area (Å²) in [6, 6.07) is 15.2. The molecule has 2 aromatic carbocycles. The minimum Gasteiger partial charge on any atom is -0.496 e. The van der Waals surface area contributed by atoms with Crippen LogP contribution in [0.4, 0.5) is 0 Å². The molecule has 2 aromatic heterocycles. The van der Waals surface area contributed by atoms with Crippen LogP contribution in [0.25, 0.3) is 22.5 Å². The quantitative estimate of drug-likeness (QED) is 0.435. The summed E-state index contributed by atoms with van der Waals surface area (Å²) < 4.78 is 12.5. The smallest absolute Gasteiger partial charge is 0.210 e. The zero-order valence-corrected chi connectivity index (χ0v) is 14.2. The second-order valence-electron chi connectivity index (χ2n) is 5.24. The van der Waals surface area contributed by atoms with Crippen LogP contribution in [0.5, 0.6) is 5.75 Å². The Morgan fingerprint density at radius 2 is 1.92 bits per heavy atom. The van der Waals surface area contributed by atoms with Crippen LogP contribution < -0.4 is 10.6 Å². The summed E-state index contributed by atoms with van der Waals surface area (Å²) >= 11 is 1.41. The van der Waals surface area contributed by atoms with Crippen molar-refractivity contribution >= 4 is 22.9 Å². The van der Waals surface area contributed by atoms with Crippen molar-refractivity contribution in [2.24, 2.45) is 0 Å². The van der Waals surface area contributed by atoms with Gasteiger partial charge in [0.05, 0.1) is 18.4 Å². The predicted molar refractivity (Wildman–Crippen MR) is 95.7 cm³/mol. The second kappa shape index (κ2) is 6.48. The highest BCUT2D eigenvalue weighted by Crippen LogP contribution is 2.30. The van der Waals surface area contributed by atoms with E-state index in [1.807, 2.05) is 48.5 Å². The molecule has 0 aliphatic carbocycles. The van der Waals surface area contributed by atoms with Crippen molar-refractivity contribution in [1.82, 2.24) is 19.9 Å². The molecule has 25 heavy (non-hydrogen) atoms. The molecule has 0 aliphatic rings. The Morgan fingerprint density at radius 1 is 1.12 bits per heavy atom. The highest BCUT2D eigenvalue weighted by Gasteiger charge is 2.16. The lowest BCUT2D eigenvalue weighted by Gasteiger charge is -2.07. The Morgan fingerprint density at radius 3 is 2.76 bits per heavy atom. The van der Waals surface area contributed by atoms with Crippen molar-refractivity contribution in [3.8, 4) is 17.1 Å². The molecular weight excluding hydrogens is 338 g/mol. The molecule has 126 valence electrons.